The van der Waals surface area contributed by atoms with Crippen LogP contribution >= 0.6 is 0 Å². The quantitative estimate of drug-likeness (QED) is 0.673. The van der Waals surface area contributed by atoms with Gasteiger partial charge in [-0.15, -0.1) is 0 Å². The van der Waals surface area contributed by atoms with Gasteiger partial charge in [-0.1, -0.05) is 5.57 Å². The first-order chi connectivity index (χ1) is 12.9. The maximum atomic E-state index is 14.9. The van der Waals surface area contributed by atoms with Crippen LogP contribution in [0.25, 0.3) is 16.9 Å². The van der Waals surface area contributed by atoms with E-state index in [1.54, 1.807) is 6.92 Å². The molecule has 0 aliphatic carbocycles. The second-order valence-electron chi connectivity index (χ2n) is 6.33. The van der Waals surface area contributed by atoms with Crippen molar-refractivity contribution in [3.63, 3.8) is 0 Å². The monoisotopic (exact) mass is 373 g/mol. The van der Waals surface area contributed by atoms with Gasteiger partial charge in [0, 0.05) is 29.9 Å². The van der Waals surface area contributed by atoms with Gasteiger partial charge in [0.1, 0.15) is 18.0 Å². The van der Waals surface area contributed by atoms with Gasteiger partial charge in [0.2, 0.25) is 0 Å². The average molecular weight is 373 g/mol. The van der Waals surface area contributed by atoms with Crippen LogP contribution in [0.4, 0.5) is 14.6 Å². The molecule has 0 radical (unpaired) electrons. The fourth-order valence-electron chi connectivity index (χ4n) is 3.01. The molecule has 2 aromatic heterocycles. The van der Waals surface area contributed by atoms with E-state index in [2.05, 4.69) is 15.1 Å². The number of hydrogen-bond acceptors (Lipinski definition) is 5. The van der Waals surface area contributed by atoms with Crippen LogP contribution in [0, 0.1) is 18.6 Å². The molecule has 6 nitrogen and oxygen atoms in total. The van der Waals surface area contributed by atoms with Gasteiger partial charge in [-0.3, -0.25) is 0 Å². The molecule has 0 unspecified atom stereocenters. The third kappa shape index (κ3) is 3.34. The van der Waals surface area contributed by atoms with Gasteiger partial charge < -0.3 is 9.64 Å². The first kappa shape index (κ1) is 18.8. The van der Waals surface area contributed by atoms with Gasteiger partial charge in [0.25, 0.3) is 5.78 Å². The van der Waals surface area contributed by atoms with Gasteiger partial charge >= 0.3 is 0 Å². The van der Waals surface area contributed by atoms with Crippen LogP contribution in [0.3, 0.4) is 0 Å². The standard InChI is InChI=1S/C19H21F2N5O/c1-6-25(9-11(2)3)18-17(12(4)24-19-22-10-23-26(18)19)13-7-15(21)16(27-5)8-14(13)20/h7-10H,6H2,1-5H3. The molecule has 0 aliphatic rings. The Labute approximate surface area is 156 Å². The Kier molecular flexibility index (Phi) is 5.07. The topological polar surface area (TPSA) is 55.5 Å². The molecular weight excluding hydrogens is 352 g/mol. The van der Waals surface area contributed by atoms with Crippen LogP contribution in [0.2, 0.25) is 0 Å². The number of aromatic nitrogens is 4. The van der Waals surface area contributed by atoms with Crippen LogP contribution in [-0.2, 0) is 0 Å². The van der Waals surface area contributed by atoms with E-state index in [0.29, 0.717) is 29.4 Å². The number of ether oxygens (including phenoxy) is 1. The Hall–Kier alpha value is -3.03. The summed E-state index contributed by atoms with van der Waals surface area (Å²) in [7, 11) is 1.30. The van der Waals surface area contributed by atoms with Gasteiger partial charge in [0.15, 0.2) is 11.6 Å². The van der Waals surface area contributed by atoms with Crippen LogP contribution < -0.4 is 9.64 Å². The van der Waals surface area contributed by atoms with Crippen molar-refractivity contribution >= 4 is 11.6 Å². The Morgan fingerprint density at radius 2 is 2.00 bits per heavy atom. The zero-order valence-corrected chi connectivity index (χ0v) is 15.9. The minimum Gasteiger partial charge on any atom is -0.494 e. The number of nitrogens with zero attached hydrogens (tertiary/aromatic N) is 5. The molecule has 0 saturated heterocycles. The van der Waals surface area contributed by atoms with Gasteiger partial charge in [-0.2, -0.15) is 14.6 Å². The second kappa shape index (κ2) is 7.30. The van der Waals surface area contributed by atoms with E-state index in [4.69, 9.17) is 4.74 Å². The van der Waals surface area contributed by atoms with E-state index in [9.17, 15) is 8.78 Å². The highest BCUT2D eigenvalue weighted by molar-refractivity contribution is 5.81. The van der Waals surface area contributed by atoms with Gasteiger partial charge in [0.05, 0.1) is 12.8 Å². The molecule has 0 atom stereocenters. The van der Waals surface area contributed by atoms with E-state index >= 15 is 0 Å². The Bertz CT molecular complexity index is 1020. The maximum Gasteiger partial charge on any atom is 0.254 e. The highest BCUT2D eigenvalue weighted by Crippen LogP contribution is 2.37. The molecule has 0 aliphatic heterocycles. The van der Waals surface area contributed by atoms with E-state index in [0.717, 1.165) is 17.7 Å². The molecule has 3 aromatic rings. The third-order valence-electron chi connectivity index (χ3n) is 4.12. The van der Waals surface area contributed by atoms with Crippen molar-refractivity contribution in [3.8, 4) is 16.9 Å². The first-order valence-corrected chi connectivity index (χ1v) is 8.52. The molecule has 1 aromatic carbocycles. The lowest BCUT2D eigenvalue weighted by Crippen LogP contribution is -2.21. The van der Waals surface area contributed by atoms with Crippen molar-refractivity contribution in [2.24, 2.45) is 0 Å². The molecule has 142 valence electrons. The lowest BCUT2D eigenvalue weighted by Gasteiger charge is -2.24. The van der Waals surface area contributed by atoms with Crippen molar-refractivity contribution in [2.75, 3.05) is 18.6 Å². The van der Waals surface area contributed by atoms with Gasteiger partial charge in [-0.05, 0) is 33.8 Å². The average Bonchev–Trinajstić information content (AvgIpc) is 3.08. The van der Waals surface area contributed by atoms with E-state index in [1.807, 2.05) is 31.9 Å². The molecule has 0 saturated carbocycles. The number of hydrogen-bond donors (Lipinski definition) is 0. The smallest absolute Gasteiger partial charge is 0.254 e. The second-order valence-corrected chi connectivity index (χ2v) is 6.33. The molecule has 0 fully saturated rings. The molecule has 0 bridgehead atoms. The molecule has 27 heavy (non-hydrogen) atoms. The summed E-state index contributed by atoms with van der Waals surface area (Å²) >= 11 is 0. The summed E-state index contributed by atoms with van der Waals surface area (Å²) < 4.78 is 35.6. The summed E-state index contributed by atoms with van der Waals surface area (Å²) in [5.74, 6) is -0.444. The molecule has 0 N–H and O–H groups in total. The van der Waals surface area contributed by atoms with Gasteiger partial charge in [-0.25, -0.2) is 13.8 Å². The molecule has 0 spiro atoms. The Balaban J connectivity index is 2.39. The minimum atomic E-state index is -0.650. The van der Waals surface area contributed by atoms with Crippen LogP contribution in [-0.4, -0.2) is 33.2 Å². The SMILES string of the molecule is CCN(C=C(C)C)c1c(-c2cc(F)c(OC)cc2F)c(C)nc2ncnn12. The third-order valence-corrected chi connectivity index (χ3v) is 4.12. The summed E-state index contributed by atoms with van der Waals surface area (Å²) in [5.41, 5.74) is 2.11. The number of rotatable bonds is 5. The Morgan fingerprint density at radius 1 is 1.26 bits per heavy atom. The van der Waals surface area contributed by atoms with Crippen molar-refractivity contribution in [2.45, 2.75) is 27.7 Å². The van der Waals surface area contributed by atoms with Crippen LogP contribution in [0.15, 0.2) is 30.2 Å². The Morgan fingerprint density at radius 3 is 2.63 bits per heavy atom. The van der Waals surface area contributed by atoms with E-state index < -0.39 is 11.6 Å². The molecule has 8 heteroatoms. The number of benzene rings is 1. The van der Waals surface area contributed by atoms with Crippen molar-refractivity contribution in [1.82, 2.24) is 19.6 Å². The fraction of sp³-hybridized carbons (Fsp3) is 0.316. The van der Waals surface area contributed by atoms with Crippen LogP contribution in [0.1, 0.15) is 26.5 Å². The summed E-state index contributed by atoms with van der Waals surface area (Å²) in [5, 5.41) is 4.24. The lowest BCUT2D eigenvalue weighted by atomic mass is 10.0. The molecule has 3 rings (SSSR count). The number of anilines is 1. The number of methoxy groups -OCH3 is 1. The highest BCUT2D eigenvalue weighted by atomic mass is 19.1. The van der Waals surface area contributed by atoms with Crippen molar-refractivity contribution < 1.29 is 13.5 Å². The maximum absolute atomic E-state index is 14.9. The van der Waals surface area contributed by atoms with E-state index in [1.165, 1.54) is 18.0 Å². The number of allylic oxidation sites excluding steroid dienone is 1. The number of halogens is 2. The predicted molar refractivity (Wildman–Crippen MR) is 99.9 cm³/mol. The number of fused-ring (bicyclic) bond motifs is 1. The number of aryl methyl sites for hydroxylation is 1. The molecule has 2 heterocycles. The molecular formula is C19H21F2N5O. The normalized spacial score (nSPS) is 10.9. The minimum absolute atomic E-state index is 0.0892. The van der Waals surface area contributed by atoms with Crippen molar-refractivity contribution in [1.29, 1.82) is 0 Å². The zero-order valence-electron chi connectivity index (χ0n) is 15.9. The molecule has 0 amide bonds. The summed E-state index contributed by atoms with van der Waals surface area (Å²) in [4.78, 5) is 10.5. The predicted octanol–water partition coefficient (Wildman–Crippen LogP) is 4.14. The largest absolute Gasteiger partial charge is 0.494 e. The summed E-state index contributed by atoms with van der Waals surface area (Å²) in [6.45, 7) is 8.22. The zero-order chi connectivity index (χ0) is 19.7. The first-order valence-electron chi connectivity index (χ1n) is 8.52. The van der Waals surface area contributed by atoms with Crippen LogP contribution in [0.5, 0.6) is 5.75 Å². The van der Waals surface area contributed by atoms with Crippen molar-refractivity contribution in [3.05, 3.63) is 47.6 Å². The highest BCUT2D eigenvalue weighted by Gasteiger charge is 2.23. The van der Waals surface area contributed by atoms with E-state index in [-0.39, 0.29) is 11.3 Å². The fourth-order valence-corrected chi connectivity index (χ4v) is 3.01. The lowest BCUT2D eigenvalue weighted by molar-refractivity contribution is 0.383. The summed E-state index contributed by atoms with van der Waals surface area (Å²) in [6.07, 6.45) is 3.31. The summed E-state index contributed by atoms with van der Waals surface area (Å²) in [6, 6.07) is 2.16.